The van der Waals surface area contributed by atoms with Crippen molar-refractivity contribution in [1.82, 2.24) is 4.57 Å². The van der Waals surface area contributed by atoms with Crippen LogP contribution in [0.5, 0.6) is 5.75 Å². The van der Waals surface area contributed by atoms with E-state index in [4.69, 9.17) is 10.5 Å². The van der Waals surface area contributed by atoms with E-state index >= 15 is 0 Å². The maximum Gasteiger partial charge on any atom is 0.416 e. The summed E-state index contributed by atoms with van der Waals surface area (Å²) in [4.78, 5) is 0. The molecule has 3 nitrogen and oxygen atoms in total. The van der Waals surface area contributed by atoms with Gasteiger partial charge in [-0.1, -0.05) is 25.1 Å². The summed E-state index contributed by atoms with van der Waals surface area (Å²) in [6.07, 6.45) is -2.66. The van der Waals surface area contributed by atoms with Gasteiger partial charge >= 0.3 is 6.18 Å². The molecule has 2 aromatic carbocycles. The first-order valence-corrected chi connectivity index (χ1v) is 8.49. The van der Waals surface area contributed by atoms with Gasteiger partial charge in [-0.3, -0.25) is 0 Å². The fourth-order valence-corrected chi connectivity index (χ4v) is 3.18. The second kappa shape index (κ2) is 7.23. The Morgan fingerprint density at radius 3 is 2.52 bits per heavy atom. The Balaban J connectivity index is 2.05. The summed E-state index contributed by atoms with van der Waals surface area (Å²) in [5.74, 6) is -0.732. The van der Waals surface area contributed by atoms with Gasteiger partial charge in [0.1, 0.15) is 6.61 Å². The second-order valence-corrected chi connectivity index (χ2v) is 6.55. The normalized spacial score (nSPS) is 13.1. The third-order valence-corrected chi connectivity index (χ3v) is 4.67. The van der Waals surface area contributed by atoms with Gasteiger partial charge in [0, 0.05) is 24.2 Å². The van der Waals surface area contributed by atoms with Gasteiger partial charge in [0.25, 0.3) is 0 Å². The van der Waals surface area contributed by atoms with Gasteiger partial charge in [0.2, 0.25) is 0 Å². The smallest absolute Gasteiger partial charge is 0.416 e. The highest BCUT2D eigenvalue weighted by atomic mass is 19.4. The summed E-state index contributed by atoms with van der Waals surface area (Å²) in [7, 11) is 1.82. The molecule has 0 amide bonds. The molecule has 0 spiro atoms. The molecule has 144 valence electrons. The van der Waals surface area contributed by atoms with E-state index < -0.39 is 24.2 Å². The van der Waals surface area contributed by atoms with Crippen molar-refractivity contribution in [3.63, 3.8) is 0 Å². The maximum atomic E-state index is 14.5. The van der Waals surface area contributed by atoms with E-state index in [1.54, 1.807) is 6.07 Å². The van der Waals surface area contributed by atoms with Crippen LogP contribution in [0.2, 0.25) is 0 Å². The molecule has 0 saturated carbocycles. The molecule has 0 aliphatic carbocycles. The van der Waals surface area contributed by atoms with Gasteiger partial charge in [-0.25, -0.2) is 4.39 Å². The monoisotopic (exact) mass is 380 g/mol. The van der Waals surface area contributed by atoms with Crippen molar-refractivity contribution < 1.29 is 22.3 Å². The SMILES string of the molecule is CC(CN)c1cn(C)c2ccc(F)c(OCc3ccccc3C(F)(F)F)c12. The third kappa shape index (κ3) is 3.64. The summed E-state index contributed by atoms with van der Waals surface area (Å²) in [5, 5.41) is 0.542. The summed E-state index contributed by atoms with van der Waals surface area (Å²) < 4.78 is 61.5. The topological polar surface area (TPSA) is 40.2 Å². The molecular weight excluding hydrogens is 360 g/mol. The molecule has 0 radical (unpaired) electrons. The molecule has 0 aliphatic heterocycles. The Hall–Kier alpha value is -2.54. The minimum atomic E-state index is -4.50. The molecule has 0 bridgehead atoms. The Kier molecular flexibility index (Phi) is 5.15. The van der Waals surface area contributed by atoms with Crippen LogP contribution in [0, 0.1) is 5.82 Å². The van der Waals surface area contributed by atoms with Crippen LogP contribution in [0.15, 0.2) is 42.6 Å². The number of ether oxygens (including phenoxy) is 1. The molecule has 1 heterocycles. The molecule has 0 saturated heterocycles. The number of rotatable bonds is 5. The fourth-order valence-electron chi connectivity index (χ4n) is 3.18. The van der Waals surface area contributed by atoms with Crippen LogP contribution in [0.1, 0.15) is 29.5 Å². The zero-order valence-corrected chi connectivity index (χ0v) is 15.0. The van der Waals surface area contributed by atoms with Crippen LogP contribution in [-0.4, -0.2) is 11.1 Å². The number of hydrogen-bond acceptors (Lipinski definition) is 2. The van der Waals surface area contributed by atoms with Gasteiger partial charge in [0.05, 0.1) is 11.1 Å². The first-order valence-electron chi connectivity index (χ1n) is 8.49. The quantitative estimate of drug-likeness (QED) is 0.635. The number of fused-ring (bicyclic) bond motifs is 1. The predicted octanol–water partition coefficient (Wildman–Crippen LogP) is 4.98. The van der Waals surface area contributed by atoms with E-state index in [1.165, 1.54) is 24.3 Å². The highest BCUT2D eigenvalue weighted by molar-refractivity contribution is 5.90. The van der Waals surface area contributed by atoms with Crippen molar-refractivity contribution in [2.45, 2.75) is 25.6 Å². The third-order valence-electron chi connectivity index (χ3n) is 4.67. The highest BCUT2D eigenvalue weighted by Gasteiger charge is 2.33. The van der Waals surface area contributed by atoms with Crippen molar-refractivity contribution in [3.8, 4) is 5.75 Å². The lowest BCUT2D eigenvalue weighted by Crippen LogP contribution is -2.11. The average Bonchev–Trinajstić information content (AvgIpc) is 2.96. The number of aromatic nitrogens is 1. The summed E-state index contributed by atoms with van der Waals surface area (Å²) in [6.45, 7) is 1.87. The van der Waals surface area contributed by atoms with Crippen molar-refractivity contribution in [2.75, 3.05) is 6.54 Å². The Labute approximate surface area is 154 Å². The second-order valence-electron chi connectivity index (χ2n) is 6.55. The summed E-state index contributed by atoms with van der Waals surface area (Å²) in [5.41, 5.74) is 6.44. The molecular formula is C20H20F4N2O. The lowest BCUT2D eigenvalue weighted by Gasteiger charge is -2.15. The Morgan fingerprint density at radius 2 is 1.85 bits per heavy atom. The molecule has 1 atom stereocenters. The minimum Gasteiger partial charge on any atom is -0.485 e. The van der Waals surface area contributed by atoms with E-state index in [-0.39, 0.29) is 17.2 Å². The van der Waals surface area contributed by atoms with E-state index in [2.05, 4.69) is 0 Å². The van der Waals surface area contributed by atoms with Gasteiger partial charge in [0.15, 0.2) is 11.6 Å². The van der Waals surface area contributed by atoms with Crippen molar-refractivity contribution >= 4 is 10.9 Å². The first-order chi connectivity index (χ1) is 12.7. The summed E-state index contributed by atoms with van der Waals surface area (Å²) >= 11 is 0. The van der Waals surface area contributed by atoms with E-state index in [0.29, 0.717) is 11.9 Å². The van der Waals surface area contributed by atoms with Crippen LogP contribution in [0.3, 0.4) is 0 Å². The standard InChI is InChI=1S/C20H20F4N2O/c1-12(9-25)14-10-26(2)17-8-7-16(21)19(18(14)17)27-11-13-5-3-4-6-15(13)20(22,23)24/h3-8,10,12H,9,11,25H2,1-2H3. The maximum absolute atomic E-state index is 14.5. The lowest BCUT2D eigenvalue weighted by atomic mass is 10.00. The fraction of sp³-hybridized carbons (Fsp3) is 0.300. The predicted molar refractivity (Wildman–Crippen MR) is 96.1 cm³/mol. The number of halogens is 4. The Bertz CT molecular complexity index is 963. The number of hydrogen-bond donors (Lipinski definition) is 1. The zero-order chi connectivity index (χ0) is 19.8. The van der Waals surface area contributed by atoms with Crippen LogP contribution < -0.4 is 10.5 Å². The van der Waals surface area contributed by atoms with Crippen molar-refractivity contribution in [3.05, 3.63) is 65.1 Å². The molecule has 1 aromatic heterocycles. The molecule has 0 aliphatic rings. The summed E-state index contributed by atoms with van der Waals surface area (Å²) in [6, 6.07) is 7.99. The largest absolute Gasteiger partial charge is 0.485 e. The minimum absolute atomic E-state index is 0.0502. The zero-order valence-electron chi connectivity index (χ0n) is 15.0. The van der Waals surface area contributed by atoms with Gasteiger partial charge in [-0.15, -0.1) is 0 Å². The lowest BCUT2D eigenvalue weighted by molar-refractivity contribution is -0.138. The number of nitrogens with zero attached hydrogens (tertiary/aromatic N) is 1. The van der Waals surface area contributed by atoms with Crippen LogP contribution in [0.25, 0.3) is 10.9 Å². The molecule has 27 heavy (non-hydrogen) atoms. The van der Waals surface area contributed by atoms with E-state index in [9.17, 15) is 17.6 Å². The molecule has 3 aromatic rings. The molecule has 0 fully saturated rings. The highest BCUT2D eigenvalue weighted by Crippen LogP contribution is 2.37. The number of benzene rings is 2. The van der Waals surface area contributed by atoms with E-state index in [1.807, 2.05) is 24.7 Å². The average molecular weight is 380 g/mol. The Morgan fingerprint density at radius 1 is 1.15 bits per heavy atom. The first kappa shape index (κ1) is 19.2. The van der Waals surface area contributed by atoms with Crippen molar-refractivity contribution in [1.29, 1.82) is 0 Å². The number of nitrogens with two attached hydrogens (primary N) is 1. The van der Waals surface area contributed by atoms with E-state index in [0.717, 1.165) is 17.1 Å². The molecule has 2 N–H and O–H groups in total. The van der Waals surface area contributed by atoms with Gasteiger partial charge in [-0.2, -0.15) is 13.2 Å². The van der Waals surface area contributed by atoms with Crippen LogP contribution in [0.4, 0.5) is 17.6 Å². The molecule has 3 rings (SSSR count). The molecule has 1 unspecified atom stereocenters. The van der Waals surface area contributed by atoms with Crippen LogP contribution >= 0.6 is 0 Å². The number of alkyl halides is 3. The molecule has 7 heteroatoms. The van der Waals surface area contributed by atoms with Gasteiger partial charge in [-0.05, 0) is 36.2 Å². The van der Waals surface area contributed by atoms with Crippen molar-refractivity contribution in [2.24, 2.45) is 12.8 Å². The number of aryl methyl sites for hydroxylation is 1. The van der Waals surface area contributed by atoms with Crippen LogP contribution in [-0.2, 0) is 19.8 Å². The van der Waals surface area contributed by atoms with Gasteiger partial charge < -0.3 is 15.0 Å².